The van der Waals surface area contributed by atoms with Crippen LogP contribution in [0.3, 0.4) is 0 Å². The third kappa shape index (κ3) is 3.14. The summed E-state index contributed by atoms with van der Waals surface area (Å²) in [7, 11) is 1.90. The monoisotopic (exact) mass is 293 g/mol. The molecule has 0 aliphatic heterocycles. The number of aryl methyl sites for hydroxylation is 2. The van der Waals surface area contributed by atoms with Gasteiger partial charge in [0.1, 0.15) is 11.4 Å². The second-order valence-electron chi connectivity index (χ2n) is 4.76. The minimum atomic E-state index is 0.711. The number of ether oxygens (including phenoxy) is 1. The lowest BCUT2D eigenvalue weighted by Crippen LogP contribution is -2.11. The third-order valence-corrected chi connectivity index (χ3v) is 3.60. The van der Waals surface area contributed by atoms with Gasteiger partial charge >= 0.3 is 0 Å². The van der Waals surface area contributed by atoms with Gasteiger partial charge in [-0.2, -0.15) is 5.10 Å². The Bertz CT molecular complexity index is 607. The van der Waals surface area contributed by atoms with E-state index >= 15 is 0 Å². The fourth-order valence-electron chi connectivity index (χ4n) is 2.01. The van der Waals surface area contributed by atoms with E-state index in [2.05, 4.69) is 17.3 Å². The molecule has 0 saturated carbocycles. The molecule has 0 amide bonds. The number of rotatable bonds is 5. The molecule has 2 rings (SSSR count). The molecule has 108 valence electrons. The standard InChI is InChI=1S/C15H20ClN3O/c1-5-17-9-12-6-7-13(8-14(12)16)20-15-10(2)18-19(4)11(15)3/h6-8,17H,5,9H2,1-4H3. The lowest BCUT2D eigenvalue weighted by molar-refractivity contribution is 0.474. The van der Waals surface area contributed by atoms with Gasteiger partial charge in [0.25, 0.3) is 0 Å². The van der Waals surface area contributed by atoms with Gasteiger partial charge in [0.2, 0.25) is 0 Å². The molecule has 2 aromatic rings. The molecule has 0 spiro atoms. The van der Waals surface area contributed by atoms with Crippen LogP contribution in [0.15, 0.2) is 18.2 Å². The van der Waals surface area contributed by atoms with Crippen molar-refractivity contribution in [1.82, 2.24) is 15.1 Å². The van der Waals surface area contributed by atoms with Gasteiger partial charge in [0.05, 0.1) is 5.69 Å². The Labute approximate surface area is 124 Å². The fourth-order valence-corrected chi connectivity index (χ4v) is 2.25. The van der Waals surface area contributed by atoms with E-state index in [-0.39, 0.29) is 0 Å². The van der Waals surface area contributed by atoms with Crippen LogP contribution in [0.25, 0.3) is 0 Å². The van der Waals surface area contributed by atoms with Gasteiger partial charge in [-0.25, -0.2) is 0 Å². The lowest BCUT2D eigenvalue weighted by Gasteiger charge is -2.09. The van der Waals surface area contributed by atoms with E-state index in [1.54, 1.807) is 0 Å². The highest BCUT2D eigenvalue weighted by molar-refractivity contribution is 6.31. The molecule has 20 heavy (non-hydrogen) atoms. The Hall–Kier alpha value is -1.52. The van der Waals surface area contributed by atoms with E-state index < -0.39 is 0 Å². The maximum Gasteiger partial charge on any atom is 0.171 e. The highest BCUT2D eigenvalue weighted by Crippen LogP contribution is 2.30. The molecule has 0 atom stereocenters. The predicted octanol–water partition coefficient (Wildman–Crippen LogP) is 3.59. The first-order chi connectivity index (χ1) is 9.52. The number of aromatic nitrogens is 2. The van der Waals surface area contributed by atoms with Gasteiger partial charge in [-0.3, -0.25) is 4.68 Å². The number of nitrogens with zero attached hydrogens (tertiary/aromatic N) is 2. The van der Waals surface area contributed by atoms with Crippen LogP contribution in [0, 0.1) is 13.8 Å². The molecule has 0 radical (unpaired) electrons. The van der Waals surface area contributed by atoms with Crippen molar-refractivity contribution in [3.63, 3.8) is 0 Å². The molecule has 1 heterocycles. The number of nitrogens with one attached hydrogen (secondary N) is 1. The summed E-state index contributed by atoms with van der Waals surface area (Å²) in [5.74, 6) is 1.53. The quantitative estimate of drug-likeness (QED) is 0.915. The molecule has 1 N–H and O–H groups in total. The van der Waals surface area contributed by atoms with Crippen molar-refractivity contribution in [3.8, 4) is 11.5 Å². The van der Waals surface area contributed by atoms with Crippen molar-refractivity contribution < 1.29 is 4.74 Å². The summed E-state index contributed by atoms with van der Waals surface area (Å²) < 4.78 is 7.72. The second kappa shape index (κ2) is 6.29. The maximum atomic E-state index is 6.28. The number of hydrogen-bond donors (Lipinski definition) is 1. The van der Waals surface area contributed by atoms with Crippen LogP contribution in [0.5, 0.6) is 11.5 Å². The zero-order valence-electron chi connectivity index (χ0n) is 12.3. The van der Waals surface area contributed by atoms with E-state index in [9.17, 15) is 0 Å². The topological polar surface area (TPSA) is 39.1 Å². The van der Waals surface area contributed by atoms with E-state index in [1.165, 1.54) is 0 Å². The SMILES string of the molecule is CCNCc1ccc(Oc2c(C)nn(C)c2C)cc1Cl. The van der Waals surface area contributed by atoms with Crippen LogP contribution in [-0.4, -0.2) is 16.3 Å². The van der Waals surface area contributed by atoms with E-state index in [4.69, 9.17) is 16.3 Å². The molecule has 5 heteroatoms. The van der Waals surface area contributed by atoms with Crippen molar-refractivity contribution in [2.24, 2.45) is 7.05 Å². The van der Waals surface area contributed by atoms with Crippen LogP contribution in [0.4, 0.5) is 0 Å². The van der Waals surface area contributed by atoms with Crippen molar-refractivity contribution in [2.45, 2.75) is 27.3 Å². The average Bonchev–Trinajstić information content (AvgIpc) is 2.64. The van der Waals surface area contributed by atoms with Gasteiger partial charge in [-0.05, 0) is 38.1 Å². The van der Waals surface area contributed by atoms with Crippen LogP contribution in [0.2, 0.25) is 5.02 Å². The van der Waals surface area contributed by atoms with Crippen LogP contribution in [0.1, 0.15) is 23.9 Å². The van der Waals surface area contributed by atoms with Gasteiger partial charge in [-0.15, -0.1) is 0 Å². The van der Waals surface area contributed by atoms with Crippen LogP contribution >= 0.6 is 11.6 Å². The van der Waals surface area contributed by atoms with Crippen molar-refractivity contribution in [1.29, 1.82) is 0 Å². The summed E-state index contributed by atoms with van der Waals surface area (Å²) in [6, 6.07) is 5.77. The van der Waals surface area contributed by atoms with Gasteiger partial charge < -0.3 is 10.1 Å². The molecule has 0 bridgehead atoms. The Balaban J connectivity index is 2.20. The van der Waals surface area contributed by atoms with Crippen LogP contribution in [-0.2, 0) is 13.6 Å². The Morgan fingerprint density at radius 1 is 1.35 bits per heavy atom. The van der Waals surface area contributed by atoms with E-state index in [1.807, 2.05) is 43.8 Å². The summed E-state index contributed by atoms with van der Waals surface area (Å²) >= 11 is 6.28. The van der Waals surface area contributed by atoms with Gasteiger partial charge in [-0.1, -0.05) is 24.6 Å². The number of hydrogen-bond acceptors (Lipinski definition) is 3. The maximum absolute atomic E-state index is 6.28. The highest BCUT2D eigenvalue weighted by Gasteiger charge is 2.12. The molecule has 0 unspecified atom stereocenters. The molecule has 1 aromatic carbocycles. The molecule has 0 aliphatic rings. The highest BCUT2D eigenvalue weighted by atomic mass is 35.5. The Morgan fingerprint density at radius 3 is 2.65 bits per heavy atom. The van der Waals surface area contributed by atoms with Gasteiger partial charge in [0.15, 0.2) is 5.75 Å². The normalized spacial score (nSPS) is 10.8. The van der Waals surface area contributed by atoms with Gasteiger partial charge in [0, 0.05) is 18.6 Å². The second-order valence-corrected chi connectivity index (χ2v) is 5.17. The minimum Gasteiger partial charge on any atom is -0.453 e. The third-order valence-electron chi connectivity index (χ3n) is 3.25. The first-order valence-electron chi connectivity index (χ1n) is 6.70. The Kier molecular flexibility index (Phi) is 4.68. The van der Waals surface area contributed by atoms with E-state index in [0.717, 1.165) is 41.5 Å². The van der Waals surface area contributed by atoms with Crippen molar-refractivity contribution in [3.05, 3.63) is 40.2 Å². The summed E-state index contributed by atoms with van der Waals surface area (Å²) in [4.78, 5) is 0. The fraction of sp³-hybridized carbons (Fsp3) is 0.400. The zero-order chi connectivity index (χ0) is 14.7. The molecular weight excluding hydrogens is 274 g/mol. The largest absolute Gasteiger partial charge is 0.453 e. The van der Waals surface area contributed by atoms with E-state index in [0.29, 0.717) is 5.02 Å². The smallest absolute Gasteiger partial charge is 0.171 e. The number of halogens is 1. The summed E-state index contributed by atoms with van der Waals surface area (Å²) in [6.45, 7) is 7.67. The van der Waals surface area contributed by atoms with Crippen molar-refractivity contribution >= 4 is 11.6 Å². The Morgan fingerprint density at radius 2 is 2.10 bits per heavy atom. The molecule has 0 saturated heterocycles. The lowest BCUT2D eigenvalue weighted by atomic mass is 10.2. The molecule has 0 fully saturated rings. The predicted molar refractivity (Wildman–Crippen MR) is 81.6 cm³/mol. The average molecular weight is 294 g/mol. The zero-order valence-corrected chi connectivity index (χ0v) is 13.1. The summed E-state index contributed by atoms with van der Waals surface area (Å²) in [6.07, 6.45) is 0. The summed E-state index contributed by atoms with van der Waals surface area (Å²) in [5, 5.41) is 8.30. The minimum absolute atomic E-state index is 0.711. The molecular formula is C15H20ClN3O. The van der Waals surface area contributed by atoms with Crippen molar-refractivity contribution in [2.75, 3.05) is 6.54 Å². The first kappa shape index (κ1) is 14.9. The first-order valence-corrected chi connectivity index (χ1v) is 7.08. The van der Waals surface area contributed by atoms with Crippen LogP contribution < -0.4 is 10.1 Å². The number of benzene rings is 1. The molecule has 4 nitrogen and oxygen atoms in total. The summed E-state index contributed by atoms with van der Waals surface area (Å²) in [5.41, 5.74) is 2.94. The molecule has 1 aromatic heterocycles. The molecule has 0 aliphatic carbocycles.